The van der Waals surface area contributed by atoms with Gasteiger partial charge in [0.1, 0.15) is 0 Å². The van der Waals surface area contributed by atoms with Crippen LogP contribution in [0.2, 0.25) is 10.0 Å². The fourth-order valence-corrected chi connectivity index (χ4v) is 3.72. The first-order valence-electron chi connectivity index (χ1n) is 7.44. The van der Waals surface area contributed by atoms with Crippen LogP contribution in [0.15, 0.2) is 42.5 Å². The number of hydrogen-bond acceptors (Lipinski definition) is 3. The molecule has 1 unspecified atom stereocenters. The molecule has 0 bridgehead atoms. The van der Waals surface area contributed by atoms with Crippen LogP contribution in [0.1, 0.15) is 24.1 Å². The van der Waals surface area contributed by atoms with Gasteiger partial charge >= 0.3 is 6.03 Å². The first kappa shape index (κ1) is 19.6. The third-order valence-electron chi connectivity index (χ3n) is 3.46. The normalized spacial score (nSPS) is 12.5. The third kappa shape index (κ3) is 5.92. The Bertz CT molecular complexity index is 885. The summed E-state index contributed by atoms with van der Waals surface area (Å²) in [6, 6.07) is 11.0. The number of sulfone groups is 1. The van der Waals surface area contributed by atoms with Gasteiger partial charge < -0.3 is 10.6 Å². The summed E-state index contributed by atoms with van der Waals surface area (Å²) in [4.78, 5) is 12.3. The smallest absolute Gasteiger partial charge is 0.319 e. The van der Waals surface area contributed by atoms with Crippen molar-refractivity contribution in [2.45, 2.75) is 18.7 Å². The molecule has 0 aliphatic rings. The molecular formula is C17H18Cl2N2O3S. The zero-order valence-corrected chi connectivity index (χ0v) is 16.0. The monoisotopic (exact) mass is 400 g/mol. The van der Waals surface area contributed by atoms with Crippen molar-refractivity contribution in [3.8, 4) is 0 Å². The van der Waals surface area contributed by atoms with Gasteiger partial charge in [-0.15, -0.1) is 0 Å². The second-order valence-electron chi connectivity index (χ2n) is 5.71. The Labute approximate surface area is 157 Å². The van der Waals surface area contributed by atoms with Crippen LogP contribution in [0.4, 0.5) is 10.5 Å². The van der Waals surface area contributed by atoms with Gasteiger partial charge in [-0.2, -0.15) is 0 Å². The van der Waals surface area contributed by atoms with E-state index in [9.17, 15) is 13.2 Å². The van der Waals surface area contributed by atoms with Crippen molar-refractivity contribution in [2.75, 3.05) is 11.6 Å². The number of para-hydroxylation sites is 1. The Morgan fingerprint density at radius 2 is 1.84 bits per heavy atom. The molecule has 0 saturated heterocycles. The van der Waals surface area contributed by atoms with Crippen LogP contribution in [0, 0.1) is 0 Å². The molecule has 134 valence electrons. The van der Waals surface area contributed by atoms with Gasteiger partial charge in [0.15, 0.2) is 9.84 Å². The summed E-state index contributed by atoms with van der Waals surface area (Å²) in [5.74, 6) is -0.151. The van der Waals surface area contributed by atoms with Crippen molar-refractivity contribution in [2.24, 2.45) is 0 Å². The second kappa shape index (κ2) is 8.08. The molecule has 0 aliphatic heterocycles. The van der Waals surface area contributed by atoms with Crippen molar-refractivity contribution in [3.63, 3.8) is 0 Å². The maximum absolute atomic E-state index is 12.3. The lowest BCUT2D eigenvalue weighted by Gasteiger charge is -2.17. The number of rotatable bonds is 5. The quantitative estimate of drug-likeness (QED) is 0.779. The summed E-state index contributed by atoms with van der Waals surface area (Å²) in [6.45, 7) is 1.79. The Hall–Kier alpha value is -1.76. The third-order valence-corrected chi connectivity index (χ3v) is 4.86. The predicted octanol–water partition coefficient (Wildman–Crippen LogP) is 4.42. The predicted molar refractivity (Wildman–Crippen MR) is 102 cm³/mol. The number of hydrogen-bond donors (Lipinski definition) is 2. The molecule has 0 spiro atoms. The Morgan fingerprint density at radius 3 is 2.48 bits per heavy atom. The minimum atomic E-state index is -3.21. The highest BCUT2D eigenvalue weighted by atomic mass is 35.5. The van der Waals surface area contributed by atoms with Gasteiger partial charge in [-0.05, 0) is 36.2 Å². The van der Waals surface area contributed by atoms with Crippen LogP contribution < -0.4 is 10.6 Å². The highest BCUT2D eigenvalue weighted by molar-refractivity contribution is 7.89. The van der Waals surface area contributed by atoms with Crippen molar-refractivity contribution in [1.82, 2.24) is 5.32 Å². The van der Waals surface area contributed by atoms with E-state index in [4.69, 9.17) is 23.2 Å². The summed E-state index contributed by atoms with van der Waals surface area (Å²) < 4.78 is 23.0. The molecule has 0 aromatic heterocycles. The number of carbonyl (C=O) groups is 1. The molecule has 2 aromatic rings. The highest BCUT2D eigenvalue weighted by Gasteiger charge is 2.15. The van der Waals surface area contributed by atoms with Crippen molar-refractivity contribution < 1.29 is 13.2 Å². The van der Waals surface area contributed by atoms with Crippen LogP contribution in [0.3, 0.4) is 0 Å². The highest BCUT2D eigenvalue weighted by Crippen LogP contribution is 2.26. The number of urea groups is 1. The lowest BCUT2D eigenvalue weighted by molar-refractivity contribution is 0.249. The molecule has 0 radical (unpaired) electrons. The summed E-state index contributed by atoms with van der Waals surface area (Å²) in [5, 5.41) is 6.42. The van der Waals surface area contributed by atoms with E-state index in [-0.39, 0.29) is 11.8 Å². The van der Waals surface area contributed by atoms with E-state index in [1.54, 1.807) is 49.4 Å². The van der Waals surface area contributed by atoms with Gasteiger partial charge in [-0.25, -0.2) is 13.2 Å². The number of halogens is 2. The number of nitrogens with one attached hydrogen (secondary N) is 2. The summed E-state index contributed by atoms with van der Waals surface area (Å²) in [7, 11) is -3.21. The van der Waals surface area contributed by atoms with E-state index < -0.39 is 15.9 Å². The van der Waals surface area contributed by atoms with Gasteiger partial charge in [-0.1, -0.05) is 47.5 Å². The van der Waals surface area contributed by atoms with Gasteiger partial charge in [0.25, 0.3) is 0 Å². The van der Waals surface area contributed by atoms with Gasteiger partial charge in [0, 0.05) is 22.0 Å². The van der Waals surface area contributed by atoms with Crippen LogP contribution >= 0.6 is 23.2 Å². The minimum Gasteiger partial charge on any atom is -0.331 e. The molecule has 0 heterocycles. The number of benzene rings is 2. The van der Waals surface area contributed by atoms with Crippen LogP contribution in [0.5, 0.6) is 0 Å². The Morgan fingerprint density at radius 1 is 1.16 bits per heavy atom. The average Bonchev–Trinajstić information content (AvgIpc) is 2.47. The average molecular weight is 401 g/mol. The van der Waals surface area contributed by atoms with E-state index in [1.807, 2.05) is 0 Å². The second-order valence-corrected chi connectivity index (χ2v) is 8.70. The zero-order chi connectivity index (χ0) is 18.6. The zero-order valence-electron chi connectivity index (χ0n) is 13.7. The topological polar surface area (TPSA) is 75.3 Å². The molecule has 0 fully saturated rings. The van der Waals surface area contributed by atoms with Gasteiger partial charge in [0.05, 0.1) is 11.8 Å². The largest absolute Gasteiger partial charge is 0.331 e. The standard InChI is InChI=1S/C17H18Cl2N2O3S/c1-11(14-8-7-13(18)9-15(14)19)20-17(22)21-16-6-4-3-5-12(16)10-25(2,23)24/h3-9,11H,10H2,1-2H3,(H2,20,21,22). The van der Waals surface area contributed by atoms with E-state index in [0.717, 1.165) is 11.8 Å². The fraction of sp³-hybridized carbons (Fsp3) is 0.235. The maximum atomic E-state index is 12.3. The van der Waals surface area contributed by atoms with E-state index >= 15 is 0 Å². The number of carbonyl (C=O) groups excluding carboxylic acids is 1. The number of anilines is 1. The molecule has 8 heteroatoms. The molecule has 0 aliphatic carbocycles. The fourth-order valence-electron chi connectivity index (χ4n) is 2.34. The van der Waals surface area contributed by atoms with Crippen LogP contribution in [-0.2, 0) is 15.6 Å². The van der Waals surface area contributed by atoms with Gasteiger partial charge in [-0.3, -0.25) is 0 Å². The molecule has 5 nitrogen and oxygen atoms in total. The van der Waals surface area contributed by atoms with E-state index in [2.05, 4.69) is 10.6 Å². The Kier molecular flexibility index (Phi) is 6.32. The maximum Gasteiger partial charge on any atom is 0.319 e. The SMILES string of the molecule is CC(NC(=O)Nc1ccccc1CS(C)(=O)=O)c1ccc(Cl)cc1Cl. The summed E-state index contributed by atoms with van der Waals surface area (Å²) in [5.41, 5.74) is 1.70. The molecule has 25 heavy (non-hydrogen) atoms. The number of amides is 2. The molecule has 2 N–H and O–H groups in total. The van der Waals surface area contributed by atoms with Crippen molar-refractivity contribution >= 4 is 44.8 Å². The lowest BCUT2D eigenvalue weighted by atomic mass is 10.1. The van der Waals surface area contributed by atoms with Crippen LogP contribution in [-0.4, -0.2) is 20.7 Å². The van der Waals surface area contributed by atoms with E-state index in [0.29, 0.717) is 21.3 Å². The molecule has 2 amide bonds. The molecule has 2 rings (SSSR count). The van der Waals surface area contributed by atoms with Crippen molar-refractivity contribution in [3.05, 3.63) is 63.6 Å². The first-order valence-corrected chi connectivity index (χ1v) is 10.3. The molecule has 0 saturated carbocycles. The summed E-state index contributed by atoms with van der Waals surface area (Å²) >= 11 is 12.0. The molecular weight excluding hydrogens is 383 g/mol. The Balaban J connectivity index is 2.10. The van der Waals surface area contributed by atoms with Gasteiger partial charge in [0.2, 0.25) is 0 Å². The minimum absolute atomic E-state index is 0.151. The lowest BCUT2D eigenvalue weighted by Crippen LogP contribution is -2.31. The first-order chi connectivity index (χ1) is 11.7. The molecule has 2 aromatic carbocycles. The summed E-state index contributed by atoms with van der Waals surface area (Å²) in [6.07, 6.45) is 1.15. The van der Waals surface area contributed by atoms with Crippen molar-refractivity contribution in [1.29, 1.82) is 0 Å². The molecule has 1 atom stereocenters. The van der Waals surface area contributed by atoms with Crippen LogP contribution in [0.25, 0.3) is 0 Å². The van der Waals surface area contributed by atoms with E-state index in [1.165, 1.54) is 0 Å².